The zero-order valence-corrected chi connectivity index (χ0v) is 23.2. The van der Waals surface area contributed by atoms with Gasteiger partial charge in [-0.3, -0.25) is 0 Å². The van der Waals surface area contributed by atoms with Gasteiger partial charge in [-0.1, -0.05) is 41.1 Å². The summed E-state index contributed by atoms with van der Waals surface area (Å²) in [5, 5.41) is 2.48. The molecule has 5 heterocycles. The molecule has 3 aromatic heterocycles. The van der Waals surface area contributed by atoms with E-state index in [9.17, 15) is 0 Å². The van der Waals surface area contributed by atoms with Gasteiger partial charge in [-0.25, -0.2) is 4.57 Å². The maximum atomic E-state index is 6.86. The maximum absolute atomic E-state index is 6.86. The number of hydrogen-bond acceptors (Lipinski definition) is 1. The van der Waals surface area contributed by atoms with Crippen molar-refractivity contribution in [3.8, 4) is 34.0 Å². The van der Waals surface area contributed by atoms with E-state index < -0.39 is 0 Å². The highest BCUT2D eigenvalue weighted by Crippen LogP contribution is 2.51. The van der Waals surface area contributed by atoms with Crippen molar-refractivity contribution in [2.75, 3.05) is 0 Å². The predicted octanol–water partition coefficient (Wildman–Crippen LogP) is 7.03. The lowest BCUT2D eigenvalue weighted by molar-refractivity contribution is -0.766. The molecule has 0 amide bonds. The second-order valence-corrected chi connectivity index (χ2v) is 11.3. The highest BCUT2D eigenvalue weighted by atomic mass is 16.5. The summed E-state index contributed by atoms with van der Waals surface area (Å²) in [5.74, 6) is 1.83. The minimum Gasteiger partial charge on any atom is -0.456 e. The number of benzene rings is 4. The number of rotatable bonds is 2. The molecule has 0 saturated carbocycles. The van der Waals surface area contributed by atoms with Crippen LogP contribution in [0.4, 0.5) is 0 Å². The summed E-state index contributed by atoms with van der Waals surface area (Å²) in [4.78, 5) is 0. The molecule has 0 fully saturated rings. The summed E-state index contributed by atoms with van der Waals surface area (Å²) >= 11 is 0. The van der Waals surface area contributed by atoms with Gasteiger partial charge in [-0.2, -0.15) is 4.57 Å². The van der Waals surface area contributed by atoms with E-state index in [1.54, 1.807) is 0 Å². The van der Waals surface area contributed by atoms with Crippen LogP contribution in [0.25, 0.3) is 44.4 Å². The number of para-hydroxylation sites is 1. The van der Waals surface area contributed by atoms with Crippen molar-refractivity contribution in [3.05, 3.63) is 132 Å². The lowest BCUT2D eigenvalue weighted by atomic mass is 9.89. The summed E-state index contributed by atoms with van der Waals surface area (Å²) < 4.78 is 16.1. The molecule has 9 rings (SSSR count). The van der Waals surface area contributed by atoms with E-state index in [0.29, 0.717) is 0 Å². The molecule has 2 aliphatic rings. The fourth-order valence-corrected chi connectivity index (χ4v) is 7.31. The Hall–Kier alpha value is -5.16. The van der Waals surface area contributed by atoms with Gasteiger partial charge < -0.3 is 4.74 Å². The van der Waals surface area contributed by atoms with Crippen molar-refractivity contribution >= 4 is 21.9 Å². The van der Waals surface area contributed by atoms with E-state index in [4.69, 9.17) is 4.74 Å². The van der Waals surface area contributed by atoms with Crippen LogP contribution in [-0.2, 0) is 7.05 Å². The average molecular weight is 533 g/mol. The first-order valence-corrected chi connectivity index (χ1v) is 14.1. The molecule has 196 valence electrons. The number of ether oxygens (including phenoxy) is 1. The van der Waals surface area contributed by atoms with Crippen molar-refractivity contribution in [1.82, 2.24) is 9.25 Å². The minimum absolute atomic E-state index is 0.00722. The summed E-state index contributed by atoms with van der Waals surface area (Å²) in [7, 11) is 2.13. The van der Waals surface area contributed by atoms with Gasteiger partial charge >= 0.3 is 0 Å². The number of aromatic nitrogens is 4. The molecule has 0 spiro atoms. The van der Waals surface area contributed by atoms with Crippen LogP contribution in [0.1, 0.15) is 28.3 Å². The van der Waals surface area contributed by atoms with Crippen LogP contribution in [0.5, 0.6) is 11.5 Å². The number of pyridine rings is 1. The molecule has 0 N–H and O–H groups in total. The first-order chi connectivity index (χ1) is 20.1. The lowest BCUT2D eigenvalue weighted by Crippen LogP contribution is -2.43. The normalized spacial score (nSPS) is 14.7. The Morgan fingerprint density at radius 2 is 1.49 bits per heavy atom. The monoisotopic (exact) mass is 532 g/mol. The topological polar surface area (TPSA) is 26.8 Å². The van der Waals surface area contributed by atoms with Gasteiger partial charge in [0.1, 0.15) is 34.0 Å². The maximum Gasteiger partial charge on any atom is 0.294 e. The number of hydrogen-bond donors (Lipinski definition) is 0. The molecule has 41 heavy (non-hydrogen) atoms. The summed E-state index contributed by atoms with van der Waals surface area (Å²) in [5.41, 5.74) is 12.0. The van der Waals surface area contributed by atoms with E-state index in [2.05, 4.69) is 149 Å². The number of aryl methyl sites for hydroxylation is 3. The van der Waals surface area contributed by atoms with Gasteiger partial charge in [0, 0.05) is 11.5 Å². The summed E-state index contributed by atoms with van der Waals surface area (Å²) in [6, 6.07) is 32.7. The van der Waals surface area contributed by atoms with Crippen molar-refractivity contribution < 1.29 is 14.0 Å². The van der Waals surface area contributed by atoms with Crippen LogP contribution in [0.3, 0.4) is 0 Å². The van der Waals surface area contributed by atoms with Gasteiger partial charge in [0.2, 0.25) is 6.04 Å². The van der Waals surface area contributed by atoms with Gasteiger partial charge in [0.25, 0.3) is 5.65 Å². The zero-order valence-electron chi connectivity index (χ0n) is 23.2. The molecule has 0 radical (unpaired) electrons. The molecule has 0 saturated heterocycles. The van der Waals surface area contributed by atoms with Crippen molar-refractivity contribution in [2.45, 2.75) is 19.9 Å². The van der Waals surface area contributed by atoms with Crippen molar-refractivity contribution in [2.24, 2.45) is 7.05 Å². The second-order valence-electron chi connectivity index (χ2n) is 11.3. The van der Waals surface area contributed by atoms with Crippen LogP contribution in [0.15, 0.2) is 110 Å². The number of nitrogens with zero attached hydrogens (tertiary/aromatic N) is 4. The van der Waals surface area contributed by atoms with E-state index in [-0.39, 0.29) is 6.04 Å². The highest BCUT2D eigenvalue weighted by molar-refractivity contribution is 6.07. The molecule has 5 nitrogen and oxygen atoms in total. The van der Waals surface area contributed by atoms with Gasteiger partial charge in [-0.05, 0) is 84.6 Å². The van der Waals surface area contributed by atoms with E-state index in [1.165, 1.54) is 55.4 Å². The largest absolute Gasteiger partial charge is 0.456 e. The first kappa shape index (κ1) is 22.6. The third kappa shape index (κ3) is 2.90. The van der Waals surface area contributed by atoms with Crippen molar-refractivity contribution in [3.63, 3.8) is 0 Å². The molecule has 1 unspecified atom stereocenters. The lowest BCUT2D eigenvalue weighted by Gasteiger charge is -2.23. The molecule has 4 aromatic carbocycles. The van der Waals surface area contributed by atoms with Crippen LogP contribution in [0, 0.1) is 13.8 Å². The predicted molar refractivity (Wildman–Crippen MR) is 160 cm³/mol. The van der Waals surface area contributed by atoms with Crippen molar-refractivity contribution in [1.29, 1.82) is 0 Å². The Morgan fingerprint density at radius 1 is 0.707 bits per heavy atom. The minimum atomic E-state index is -0.00722. The molecule has 1 atom stereocenters. The SMILES string of the molecule is Cc1cccc(C)c1-c1cc2c3c(c1)-n1ccc[n+]1C3c1c(cccc1-n1c3ccccc3c3ccc[n+](C)c31)O2. The van der Waals surface area contributed by atoms with Crippen LogP contribution in [-0.4, -0.2) is 9.25 Å². The summed E-state index contributed by atoms with van der Waals surface area (Å²) in [6.07, 6.45) is 6.47. The Balaban J connectivity index is 1.35. The highest BCUT2D eigenvalue weighted by Gasteiger charge is 2.48. The third-order valence-corrected chi connectivity index (χ3v) is 8.96. The van der Waals surface area contributed by atoms with Gasteiger partial charge in [0.15, 0.2) is 6.20 Å². The molecule has 0 aliphatic carbocycles. The van der Waals surface area contributed by atoms with Gasteiger partial charge in [-0.15, -0.1) is 4.68 Å². The average Bonchev–Trinajstić information content (AvgIpc) is 3.66. The molecular formula is C36H28N4O+2. The fourth-order valence-electron chi connectivity index (χ4n) is 7.31. The number of fused-ring (bicyclic) bond motifs is 8. The van der Waals surface area contributed by atoms with Crippen LogP contribution >= 0.6 is 0 Å². The van der Waals surface area contributed by atoms with E-state index in [0.717, 1.165) is 22.8 Å². The Morgan fingerprint density at radius 3 is 2.37 bits per heavy atom. The van der Waals surface area contributed by atoms with E-state index >= 15 is 0 Å². The molecule has 0 bridgehead atoms. The van der Waals surface area contributed by atoms with Gasteiger partial charge in [0.05, 0.1) is 30.4 Å². The second kappa shape index (κ2) is 7.95. The quantitative estimate of drug-likeness (QED) is 0.220. The Bertz CT molecular complexity index is 2210. The molecular weight excluding hydrogens is 504 g/mol. The Labute approximate surface area is 237 Å². The molecule has 5 heteroatoms. The summed E-state index contributed by atoms with van der Waals surface area (Å²) in [6.45, 7) is 4.38. The van der Waals surface area contributed by atoms with Crippen LogP contribution < -0.4 is 14.0 Å². The molecule has 7 aromatic rings. The van der Waals surface area contributed by atoms with Crippen LogP contribution in [0.2, 0.25) is 0 Å². The smallest absolute Gasteiger partial charge is 0.294 e. The fraction of sp³-hybridized carbons (Fsp3) is 0.111. The Kier molecular flexibility index (Phi) is 4.39. The first-order valence-electron chi connectivity index (χ1n) is 14.1. The molecule has 2 aliphatic heterocycles. The zero-order chi connectivity index (χ0) is 27.4. The third-order valence-electron chi connectivity index (χ3n) is 8.96. The van der Waals surface area contributed by atoms with E-state index in [1.807, 2.05) is 0 Å². The standard InChI is InChI=1S/C36H28N4O/c1-22-10-6-11-23(2)32(22)24-20-29-34-31(21-24)41-30-16-7-15-28(33(30)35(34)39-19-9-18-38(29)39)40-27-14-5-4-12-25(27)26-13-8-17-37(3)36(26)40/h4-21,35H,1-3H3/q+2.